The molecule has 0 atom stereocenters. The Labute approximate surface area is 120 Å². The number of para-hydroxylation sites is 1. The number of amides is 1. The highest BCUT2D eigenvalue weighted by Crippen LogP contribution is 2.10. The summed E-state index contributed by atoms with van der Waals surface area (Å²) in [4.78, 5) is 17.6. The van der Waals surface area contributed by atoms with Crippen LogP contribution in [0.4, 0.5) is 10.5 Å². The van der Waals surface area contributed by atoms with Gasteiger partial charge in [0.2, 0.25) is 0 Å². The fourth-order valence-electron chi connectivity index (χ4n) is 2.16. The lowest BCUT2D eigenvalue weighted by Crippen LogP contribution is -2.37. The van der Waals surface area contributed by atoms with Gasteiger partial charge in [0.1, 0.15) is 6.61 Å². The van der Waals surface area contributed by atoms with E-state index in [0.29, 0.717) is 6.61 Å². The van der Waals surface area contributed by atoms with Crippen molar-refractivity contribution in [1.29, 1.82) is 0 Å². The molecule has 0 aromatic heterocycles. The van der Waals surface area contributed by atoms with Gasteiger partial charge in [-0.25, -0.2) is 4.79 Å². The molecule has 2 rings (SSSR count). The first-order valence-electron chi connectivity index (χ1n) is 7.03. The third-order valence-electron chi connectivity index (χ3n) is 3.61. The zero-order chi connectivity index (χ0) is 14.4. The van der Waals surface area contributed by atoms with Crippen molar-refractivity contribution in [2.45, 2.75) is 0 Å². The summed E-state index contributed by atoms with van der Waals surface area (Å²) in [5.41, 5.74) is 1.23. The SMILES string of the molecule is CN(CCN1CCOC1=O)CCN(C)c1ccccc1. The van der Waals surface area contributed by atoms with E-state index in [1.165, 1.54) is 5.69 Å². The van der Waals surface area contributed by atoms with E-state index in [2.05, 4.69) is 48.2 Å². The molecule has 1 saturated heterocycles. The quantitative estimate of drug-likeness (QED) is 0.757. The molecule has 0 aliphatic carbocycles. The number of ether oxygens (including phenoxy) is 1. The Bertz CT molecular complexity index is 424. The van der Waals surface area contributed by atoms with Crippen LogP contribution in [0.25, 0.3) is 0 Å². The summed E-state index contributed by atoms with van der Waals surface area (Å²) < 4.78 is 4.91. The average molecular weight is 277 g/mol. The summed E-state index contributed by atoms with van der Waals surface area (Å²) in [6, 6.07) is 10.3. The minimum absolute atomic E-state index is 0.181. The van der Waals surface area contributed by atoms with Gasteiger partial charge in [0.05, 0.1) is 6.54 Å². The number of carbonyl (C=O) groups excluding carboxylic acids is 1. The average Bonchev–Trinajstić information content (AvgIpc) is 2.89. The number of benzene rings is 1. The van der Waals surface area contributed by atoms with Crippen LogP contribution >= 0.6 is 0 Å². The topological polar surface area (TPSA) is 36.0 Å². The molecule has 1 aliphatic heterocycles. The normalized spacial score (nSPS) is 14.8. The largest absolute Gasteiger partial charge is 0.448 e. The Morgan fingerprint density at radius 2 is 1.90 bits per heavy atom. The Balaban J connectivity index is 1.67. The molecular formula is C15H23N3O2. The second-order valence-electron chi connectivity index (χ2n) is 5.16. The molecule has 110 valence electrons. The molecule has 5 nitrogen and oxygen atoms in total. The first-order chi connectivity index (χ1) is 9.66. The zero-order valence-corrected chi connectivity index (χ0v) is 12.3. The van der Waals surface area contributed by atoms with E-state index in [1.54, 1.807) is 4.90 Å². The van der Waals surface area contributed by atoms with Gasteiger partial charge in [-0.05, 0) is 19.2 Å². The smallest absolute Gasteiger partial charge is 0.409 e. The molecule has 5 heteroatoms. The second kappa shape index (κ2) is 7.14. The summed E-state index contributed by atoms with van der Waals surface area (Å²) in [7, 11) is 4.18. The van der Waals surface area contributed by atoms with Crippen molar-refractivity contribution in [3.05, 3.63) is 30.3 Å². The highest BCUT2D eigenvalue weighted by atomic mass is 16.6. The summed E-state index contributed by atoms with van der Waals surface area (Å²) in [5.74, 6) is 0. The molecule has 1 aromatic carbocycles. The molecule has 0 saturated carbocycles. The zero-order valence-electron chi connectivity index (χ0n) is 12.3. The molecule has 1 heterocycles. The summed E-state index contributed by atoms with van der Waals surface area (Å²) in [6.07, 6.45) is -0.181. The van der Waals surface area contributed by atoms with Crippen LogP contribution in [0.3, 0.4) is 0 Å². The first-order valence-corrected chi connectivity index (χ1v) is 7.03. The van der Waals surface area contributed by atoms with Crippen LogP contribution in [0.1, 0.15) is 0 Å². The molecular weight excluding hydrogens is 254 g/mol. The number of hydrogen-bond acceptors (Lipinski definition) is 4. The van der Waals surface area contributed by atoms with Gasteiger partial charge in [-0.1, -0.05) is 18.2 Å². The maximum absolute atomic E-state index is 11.3. The van der Waals surface area contributed by atoms with Crippen molar-refractivity contribution < 1.29 is 9.53 Å². The monoisotopic (exact) mass is 277 g/mol. The Kier molecular flexibility index (Phi) is 5.24. The van der Waals surface area contributed by atoms with Gasteiger partial charge in [-0.3, -0.25) is 0 Å². The molecule has 0 unspecified atom stereocenters. The predicted octanol–water partition coefficient (Wildman–Crippen LogP) is 1.51. The van der Waals surface area contributed by atoms with Crippen molar-refractivity contribution in [2.24, 2.45) is 0 Å². The van der Waals surface area contributed by atoms with Crippen molar-refractivity contribution in [3.8, 4) is 0 Å². The van der Waals surface area contributed by atoms with Crippen LogP contribution in [0.15, 0.2) is 30.3 Å². The lowest BCUT2D eigenvalue weighted by atomic mass is 10.3. The number of hydrogen-bond donors (Lipinski definition) is 0. The minimum atomic E-state index is -0.181. The first kappa shape index (κ1) is 14.7. The summed E-state index contributed by atoms with van der Waals surface area (Å²) in [6.45, 7) is 4.79. The lowest BCUT2D eigenvalue weighted by molar-refractivity contribution is 0.155. The third-order valence-corrected chi connectivity index (χ3v) is 3.61. The van der Waals surface area contributed by atoms with Crippen LogP contribution in [-0.2, 0) is 4.74 Å². The van der Waals surface area contributed by atoms with Gasteiger partial charge in [0.15, 0.2) is 0 Å². The molecule has 1 aromatic rings. The van der Waals surface area contributed by atoms with Crippen molar-refractivity contribution >= 4 is 11.8 Å². The fraction of sp³-hybridized carbons (Fsp3) is 0.533. The van der Waals surface area contributed by atoms with E-state index >= 15 is 0 Å². The Morgan fingerprint density at radius 3 is 2.55 bits per heavy atom. The number of cyclic esters (lactones) is 1. The van der Waals surface area contributed by atoms with Gasteiger partial charge < -0.3 is 19.4 Å². The predicted molar refractivity (Wildman–Crippen MR) is 80.1 cm³/mol. The Hall–Kier alpha value is -1.75. The van der Waals surface area contributed by atoms with Gasteiger partial charge in [0.25, 0.3) is 0 Å². The maximum atomic E-state index is 11.3. The van der Waals surface area contributed by atoms with Gasteiger partial charge >= 0.3 is 6.09 Å². The van der Waals surface area contributed by atoms with E-state index < -0.39 is 0 Å². The Morgan fingerprint density at radius 1 is 1.15 bits per heavy atom. The van der Waals surface area contributed by atoms with Gasteiger partial charge in [0, 0.05) is 38.9 Å². The molecule has 0 spiro atoms. The number of anilines is 1. The van der Waals surface area contributed by atoms with Crippen LogP contribution < -0.4 is 4.90 Å². The minimum Gasteiger partial charge on any atom is -0.448 e. The van der Waals surface area contributed by atoms with Crippen LogP contribution in [-0.4, -0.2) is 69.3 Å². The van der Waals surface area contributed by atoms with Crippen molar-refractivity contribution in [1.82, 2.24) is 9.80 Å². The standard InChI is InChI=1S/C15H23N3O2/c1-16(9-11-18-12-13-20-15(18)19)8-10-17(2)14-6-4-3-5-7-14/h3-7H,8-13H2,1-2H3. The van der Waals surface area contributed by atoms with Crippen LogP contribution in [0, 0.1) is 0 Å². The fourth-order valence-corrected chi connectivity index (χ4v) is 2.16. The number of carbonyl (C=O) groups is 1. The summed E-state index contributed by atoms with van der Waals surface area (Å²) >= 11 is 0. The molecule has 20 heavy (non-hydrogen) atoms. The molecule has 0 radical (unpaired) electrons. The lowest BCUT2D eigenvalue weighted by Gasteiger charge is -2.24. The highest BCUT2D eigenvalue weighted by Gasteiger charge is 2.21. The molecule has 1 amide bonds. The van der Waals surface area contributed by atoms with E-state index in [9.17, 15) is 4.79 Å². The maximum Gasteiger partial charge on any atom is 0.409 e. The van der Waals surface area contributed by atoms with E-state index in [4.69, 9.17) is 4.74 Å². The molecule has 1 aliphatic rings. The van der Waals surface area contributed by atoms with E-state index in [0.717, 1.165) is 32.7 Å². The highest BCUT2D eigenvalue weighted by molar-refractivity contribution is 5.69. The van der Waals surface area contributed by atoms with Gasteiger partial charge in [-0.15, -0.1) is 0 Å². The number of rotatable bonds is 7. The number of likely N-dealkylation sites (N-methyl/N-ethyl adjacent to an activating group) is 2. The third kappa shape index (κ3) is 4.13. The van der Waals surface area contributed by atoms with Crippen LogP contribution in [0.2, 0.25) is 0 Å². The van der Waals surface area contributed by atoms with Gasteiger partial charge in [-0.2, -0.15) is 0 Å². The summed E-state index contributed by atoms with van der Waals surface area (Å²) in [5, 5.41) is 0. The van der Waals surface area contributed by atoms with Crippen LogP contribution in [0.5, 0.6) is 0 Å². The molecule has 1 fully saturated rings. The molecule has 0 N–H and O–H groups in total. The van der Waals surface area contributed by atoms with E-state index in [-0.39, 0.29) is 6.09 Å². The second-order valence-corrected chi connectivity index (χ2v) is 5.16. The number of nitrogens with zero attached hydrogens (tertiary/aromatic N) is 3. The van der Waals surface area contributed by atoms with E-state index in [1.807, 2.05) is 6.07 Å². The van der Waals surface area contributed by atoms with Crippen molar-refractivity contribution in [3.63, 3.8) is 0 Å². The molecule has 0 bridgehead atoms. The van der Waals surface area contributed by atoms with Crippen molar-refractivity contribution in [2.75, 3.05) is 58.3 Å².